The molecule has 4 heteroatoms. The minimum absolute atomic E-state index is 1.04. The largest absolute Gasteiger partial charge is 0.219 e. The molecule has 0 fully saturated rings. The maximum Gasteiger partial charge on any atom is 0.0831 e. The minimum atomic E-state index is 1.04. The van der Waals surface area contributed by atoms with Crippen LogP contribution < -0.4 is 0 Å². The van der Waals surface area contributed by atoms with Gasteiger partial charge in [0.25, 0.3) is 0 Å². The Hall–Kier alpha value is -0.910. The zero-order valence-corrected chi connectivity index (χ0v) is 14.2. The predicted octanol–water partition coefficient (Wildman–Crippen LogP) is 4.77. The summed E-state index contributed by atoms with van der Waals surface area (Å²) in [5.74, 6) is 0. The number of aromatic nitrogens is 3. The molecule has 0 saturated carbocycles. The van der Waals surface area contributed by atoms with Gasteiger partial charge in [0, 0.05) is 3.57 Å². The lowest BCUT2D eigenvalue weighted by atomic mass is 10.1. The molecule has 0 saturated heterocycles. The summed E-state index contributed by atoms with van der Waals surface area (Å²) < 4.78 is 3.08. The molecule has 108 valence electrons. The molecule has 0 bridgehead atoms. The van der Waals surface area contributed by atoms with E-state index < -0.39 is 0 Å². The number of benzene rings is 1. The molecule has 0 aliphatic rings. The first kappa shape index (κ1) is 15.5. The molecule has 0 amide bonds. The number of nitrogens with zero attached hydrogens (tertiary/aromatic N) is 3. The van der Waals surface area contributed by atoms with Gasteiger partial charge in [0.2, 0.25) is 0 Å². The smallest absolute Gasteiger partial charge is 0.0831 e. The first-order valence-electron chi connectivity index (χ1n) is 7.47. The van der Waals surface area contributed by atoms with Gasteiger partial charge in [0.05, 0.1) is 17.6 Å². The van der Waals surface area contributed by atoms with Crippen molar-refractivity contribution in [1.82, 2.24) is 15.0 Å². The predicted molar refractivity (Wildman–Crippen MR) is 91.2 cm³/mol. The maximum atomic E-state index is 4.28. The van der Waals surface area contributed by atoms with E-state index >= 15 is 0 Å². The number of aryl methyl sites for hydroxylation is 1. The first-order chi connectivity index (χ1) is 9.81. The van der Waals surface area contributed by atoms with Gasteiger partial charge < -0.3 is 0 Å². The Bertz CT molecular complexity index is 522. The van der Waals surface area contributed by atoms with Crippen LogP contribution in [0.2, 0.25) is 0 Å². The lowest BCUT2D eigenvalue weighted by Crippen LogP contribution is -1.97. The summed E-state index contributed by atoms with van der Waals surface area (Å²) in [6, 6.07) is 8.24. The normalized spacial score (nSPS) is 10.9. The number of para-hydroxylation sites is 1. The summed E-state index contributed by atoms with van der Waals surface area (Å²) in [5.41, 5.74) is 2.20. The molecule has 0 spiro atoms. The van der Waals surface area contributed by atoms with Crippen LogP contribution in [0.25, 0.3) is 5.69 Å². The molecule has 3 nitrogen and oxygen atoms in total. The minimum Gasteiger partial charge on any atom is -0.219 e. The van der Waals surface area contributed by atoms with Crippen LogP contribution in [0.5, 0.6) is 0 Å². The monoisotopic (exact) mass is 383 g/mol. The Balaban J connectivity index is 1.82. The number of hydrogen-bond donors (Lipinski definition) is 0. The molecule has 0 aliphatic heterocycles. The highest BCUT2D eigenvalue weighted by atomic mass is 127. The summed E-state index contributed by atoms with van der Waals surface area (Å²) in [6.07, 6.45) is 11.0. The van der Waals surface area contributed by atoms with Crippen molar-refractivity contribution in [3.8, 4) is 5.69 Å². The fourth-order valence-corrected chi connectivity index (χ4v) is 2.89. The van der Waals surface area contributed by atoms with E-state index in [0.717, 1.165) is 17.8 Å². The quantitative estimate of drug-likeness (QED) is 0.486. The molecule has 1 heterocycles. The van der Waals surface area contributed by atoms with Gasteiger partial charge in [0.1, 0.15) is 0 Å². The van der Waals surface area contributed by atoms with E-state index in [9.17, 15) is 0 Å². The van der Waals surface area contributed by atoms with Crippen molar-refractivity contribution in [1.29, 1.82) is 0 Å². The Morgan fingerprint density at radius 1 is 1.05 bits per heavy atom. The van der Waals surface area contributed by atoms with Crippen molar-refractivity contribution in [3.63, 3.8) is 0 Å². The average molecular weight is 383 g/mol. The van der Waals surface area contributed by atoms with E-state index in [1.165, 1.54) is 42.1 Å². The summed E-state index contributed by atoms with van der Waals surface area (Å²) >= 11 is 2.33. The van der Waals surface area contributed by atoms with Gasteiger partial charge >= 0.3 is 0 Å². The van der Waals surface area contributed by atoms with Crippen LogP contribution in [0.3, 0.4) is 0 Å². The van der Waals surface area contributed by atoms with Crippen molar-refractivity contribution in [2.24, 2.45) is 0 Å². The highest BCUT2D eigenvalue weighted by Gasteiger charge is 2.05. The SMILES string of the molecule is CCCCCCCCc1cn(-c2ccccc2I)nn1. The van der Waals surface area contributed by atoms with Gasteiger partial charge in [-0.3, -0.25) is 0 Å². The van der Waals surface area contributed by atoms with E-state index in [-0.39, 0.29) is 0 Å². The molecule has 0 aliphatic carbocycles. The molecule has 0 atom stereocenters. The van der Waals surface area contributed by atoms with Gasteiger partial charge in [-0.05, 0) is 47.6 Å². The van der Waals surface area contributed by atoms with Crippen molar-refractivity contribution in [2.45, 2.75) is 51.9 Å². The number of hydrogen-bond acceptors (Lipinski definition) is 2. The van der Waals surface area contributed by atoms with E-state index in [2.05, 4.69) is 58.2 Å². The van der Waals surface area contributed by atoms with Crippen LogP contribution in [0.15, 0.2) is 30.5 Å². The topological polar surface area (TPSA) is 30.7 Å². The lowest BCUT2D eigenvalue weighted by molar-refractivity contribution is 0.604. The van der Waals surface area contributed by atoms with Gasteiger partial charge in [-0.25, -0.2) is 4.68 Å². The number of rotatable bonds is 8. The zero-order chi connectivity index (χ0) is 14.2. The van der Waals surface area contributed by atoms with Gasteiger partial charge in [-0.2, -0.15) is 0 Å². The fourth-order valence-electron chi connectivity index (χ4n) is 2.25. The molecule has 1 aromatic carbocycles. The third kappa shape index (κ3) is 4.58. The molecular weight excluding hydrogens is 361 g/mol. The second-order valence-corrected chi connectivity index (χ2v) is 6.29. The van der Waals surface area contributed by atoms with Crippen LogP contribution in [0, 0.1) is 3.57 Å². The zero-order valence-electron chi connectivity index (χ0n) is 12.1. The molecule has 0 N–H and O–H groups in total. The molecule has 0 unspecified atom stereocenters. The molecular formula is C16H22IN3. The van der Waals surface area contributed by atoms with Gasteiger partial charge in [-0.15, -0.1) is 5.10 Å². The third-order valence-electron chi connectivity index (χ3n) is 3.43. The van der Waals surface area contributed by atoms with Crippen molar-refractivity contribution in [3.05, 3.63) is 39.7 Å². The standard InChI is InChI=1S/C16H22IN3/c1-2-3-4-5-6-7-10-14-13-20(19-18-14)16-12-9-8-11-15(16)17/h8-9,11-13H,2-7,10H2,1H3. The number of unbranched alkanes of at least 4 members (excludes halogenated alkanes) is 5. The second kappa shape index (κ2) is 8.39. The highest BCUT2D eigenvalue weighted by Crippen LogP contribution is 2.16. The second-order valence-electron chi connectivity index (χ2n) is 5.12. The van der Waals surface area contributed by atoms with Crippen LogP contribution in [-0.4, -0.2) is 15.0 Å². The van der Waals surface area contributed by atoms with Crippen LogP contribution in [-0.2, 0) is 6.42 Å². The highest BCUT2D eigenvalue weighted by molar-refractivity contribution is 14.1. The van der Waals surface area contributed by atoms with E-state index in [0.29, 0.717) is 0 Å². The van der Waals surface area contributed by atoms with Crippen molar-refractivity contribution < 1.29 is 0 Å². The third-order valence-corrected chi connectivity index (χ3v) is 4.34. The van der Waals surface area contributed by atoms with Crippen LogP contribution >= 0.6 is 22.6 Å². The molecule has 20 heavy (non-hydrogen) atoms. The van der Waals surface area contributed by atoms with Crippen molar-refractivity contribution >= 4 is 22.6 Å². The lowest BCUT2D eigenvalue weighted by Gasteiger charge is -2.01. The molecule has 0 radical (unpaired) electrons. The Morgan fingerprint density at radius 3 is 2.60 bits per heavy atom. The maximum absolute atomic E-state index is 4.28. The fraction of sp³-hybridized carbons (Fsp3) is 0.500. The first-order valence-corrected chi connectivity index (χ1v) is 8.55. The van der Waals surface area contributed by atoms with E-state index in [4.69, 9.17) is 0 Å². The summed E-state index contributed by atoms with van der Waals surface area (Å²) in [7, 11) is 0. The molecule has 1 aromatic heterocycles. The van der Waals surface area contributed by atoms with Crippen molar-refractivity contribution in [2.75, 3.05) is 0 Å². The van der Waals surface area contributed by atoms with Crippen LogP contribution in [0.1, 0.15) is 51.1 Å². The Labute approximate surface area is 134 Å². The summed E-state index contributed by atoms with van der Waals surface area (Å²) in [5, 5.41) is 8.51. The summed E-state index contributed by atoms with van der Waals surface area (Å²) in [6.45, 7) is 2.25. The number of halogens is 1. The van der Waals surface area contributed by atoms with Gasteiger partial charge in [0.15, 0.2) is 0 Å². The summed E-state index contributed by atoms with van der Waals surface area (Å²) in [4.78, 5) is 0. The average Bonchev–Trinajstić information content (AvgIpc) is 2.92. The molecule has 2 rings (SSSR count). The van der Waals surface area contributed by atoms with Gasteiger partial charge in [-0.1, -0.05) is 56.4 Å². The molecule has 2 aromatic rings. The Morgan fingerprint density at radius 2 is 1.80 bits per heavy atom. The van der Waals surface area contributed by atoms with E-state index in [1.54, 1.807) is 0 Å². The Kier molecular flexibility index (Phi) is 6.50. The van der Waals surface area contributed by atoms with E-state index in [1.807, 2.05) is 16.8 Å². The van der Waals surface area contributed by atoms with Crippen LogP contribution in [0.4, 0.5) is 0 Å².